The first-order chi connectivity index (χ1) is 15.3. The van der Waals surface area contributed by atoms with Crippen LogP contribution in [-0.4, -0.2) is 47.4 Å². The SMILES string of the molecule is CCOC(=O)COc1c(Cl)cc(C=C2SC(=S)N(NC(=O)c3cccs3)C2=O)cc1OC. The Kier molecular flexibility index (Phi) is 8.13. The molecule has 0 bridgehead atoms. The van der Waals surface area contributed by atoms with Gasteiger partial charge in [0.25, 0.3) is 11.8 Å². The molecule has 0 aliphatic carbocycles. The highest BCUT2D eigenvalue weighted by molar-refractivity contribution is 8.26. The van der Waals surface area contributed by atoms with Gasteiger partial charge in [-0.3, -0.25) is 15.0 Å². The molecule has 1 fully saturated rings. The van der Waals surface area contributed by atoms with Crippen molar-refractivity contribution in [2.45, 2.75) is 6.92 Å². The van der Waals surface area contributed by atoms with Crippen LogP contribution in [0.3, 0.4) is 0 Å². The van der Waals surface area contributed by atoms with Crippen LogP contribution in [0.1, 0.15) is 22.2 Å². The topological polar surface area (TPSA) is 94.2 Å². The standard InChI is InChI=1S/C20H17ClN2O6S3/c1-3-28-16(24)10-29-17-12(21)7-11(8-13(17)27-2)9-15-19(26)23(20(30)32-15)22-18(25)14-5-4-6-31-14/h4-9H,3,10H2,1-2H3,(H,22,25). The lowest BCUT2D eigenvalue weighted by Crippen LogP contribution is -2.44. The van der Waals surface area contributed by atoms with E-state index in [1.54, 1.807) is 42.6 Å². The third-order valence-electron chi connectivity index (χ3n) is 3.94. The molecule has 0 spiro atoms. The Morgan fingerprint density at radius 3 is 2.78 bits per heavy atom. The quantitative estimate of drug-likeness (QED) is 0.323. The maximum absolute atomic E-state index is 12.8. The summed E-state index contributed by atoms with van der Waals surface area (Å²) < 4.78 is 15.8. The summed E-state index contributed by atoms with van der Waals surface area (Å²) in [7, 11) is 1.42. The van der Waals surface area contributed by atoms with E-state index in [1.165, 1.54) is 18.4 Å². The minimum absolute atomic E-state index is 0.176. The highest BCUT2D eigenvalue weighted by Crippen LogP contribution is 2.38. The van der Waals surface area contributed by atoms with E-state index in [9.17, 15) is 14.4 Å². The molecule has 0 unspecified atom stereocenters. The largest absolute Gasteiger partial charge is 0.493 e. The van der Waals surface area contributed by atoms with Crippen LogP contribution in [0, 0.1) is 0 Å². The number of methoxy groups -OCH3 is 1. The zero-order valence-corrected chi connectivity index (χ0v) is 20.1. The normalized spacial score (nSPS) is 14.6. The molecule has 2 heterocycles. The number of carbonyl (C=O) groups is 3. The van der Waals surface area contributed by atoms with Gasteiger partial charge in [-0.15, -0.1) is 11.3 Å². The summed E-state index contributed by atoms with van der Waals surface area (Å²) in [5, 5.41) is 2.97. The number of halogens is 1. The van der Waals surface area contributed by atoms with Crippen LogP contribution in [0.4, 0.5) is 0 Å². The average Bonchev–Trinajstić information content (AvgIpc) is 3.38. The van der Waals surface area contributed by atoms with E-state index in [0.717, 1.165) is 16.8 Å². The summed E-state index contributed by atoms with van der Waals surface area (Å²) in [5.74, 6) is -0.986. The molecule has 168 valence electrons. The molecule has 2 amide bonds. The van der Waals surface area contributed by atoms with Crippen molar-refractivity contribution in [2.75, 3.05) is 20.3 Å². The van der Waals surface area contributed by atoms with Crippen molar-refractivity contribution in [2.24, 2.45) is 0 Å². The second kappa shape index (κ2) is 10.8. The lowest BCUT2D eigenvalue weighted by molar-refractivity contribution is -0.145. The van der Waals surface area contributed by atoms with E-state index in [0.29, 0.717) is 15.3 Å². The van der Waals surface area contributed by atoms with Crippen LogP contribution in [-0.2, 0) is 14.3 Å². The highest BCUT2D eigenvalue weighted by atomic mass is 35.5. The molecule has 1 N–H and O–H groups in total. The number of hydrogen-bond acceptors (Lipinski definition) is 9. The monoisotopic (exact) mass is 512 g/mol. The average molecular weight is 513 g/mol. The molecule has 1 saturated heterocycles. The zero-order valence-electron chi connectivity index (χ0n) is 16.9. The van der Waals surface area contributed by atoms with Crippen LogP contribution in [0.5, 0.6) is 11.5 Å². The van der Waals surface area contributed by atoms with Gasteiger partial charge in [0.1, 0.15) is 0 Å². The third kappa shape index (κ3) is 5.60. The minimum Gasteiger partial charge on any atom is -0.493 e. The number of hydrogen-bond donors (Lipinski definition) is 1. The third-order valence-corrected chi connectivity index (χ3v) is 6.39. The van der Waals surface area contributed by atoms with E-state index < -0.39 is 17.8 Å². The number of amides is 2. The first kappa shape index (κ1) is 24.1. The lowest BCUT2D eigenvalue weighted by atomic mass is 10.2. The molecule has 3 rings (SSSR count). The number of nitrogens with zero attached hydrogens (tertiary/aromatic N) is 1. The van der Waals surface area contributed by atoms with Crippen LogP contribution in [0.2, 0.25) is 5.02 Å². The number of rotatable bonds is 8. The summed E-state index contributed by atoms with van der Waals surface area (Å²) in [6.07, 6.45) is 1.57. The predicted octanol–water partition coefficient (Wildman–Crippen LogP) is 3.90. The van der Waals surface area contributed by atoms with Crippen molar-refractivity contribution in [1.82, 2.24) is 10.4 Å². The van der Waals surface area contributed by atoms with Crippen molar-refractivity contribution >= 4 is 75.1 Å². The Labute approximate surface area is 202 Å². The van der Waals surface area contributed by atoms with Gasteiger partial charge in [0.2, 0.25) is 0 Å². The molecule has 1 aliphatic heterocycles. The van der Waals surface area contributed by atoms with Gasteiger partial charge in [-0.1, -0.05) is 29.4 Å². The number of thioether (sulfide) groups is 1. The molecule has 12 heteroatoms. The molecular formula is C20H17ClN2O6S3. The molecule has 1 aromatic carbocycles. The van der Waals surface area contributed by atoms with Crippen molar-refractivity contribution < 1.29 is 28.6 Å². The Morgan fingerprint density at radius 1 is 1.34 bits per heavy atom. The fraction of sp³-hybridized carbons (Fsp3) is 0.200. The second-order valence-corrected chi connectivity index (χ2v) is 9.09. The number of esters is 1. The molecular weight excluding hydrogens is 496 g/mol. The number of carbonyl (C=O) groups excluding carboxylic acids is 3. The Hall–Kier alpha value is -2.60. The maximum Gasteiger partial charge on any atom is 0.344 e. The van der Waals surface area contributed by atoms with Crippen LogP contribution in [0.15, 0.2) is 34.6 Å². The smallest absolute Gasteiger partial charge is 0.344 e. The van der Waals surface area contributed by atoms with Gasteiger partial charge >= 0.3 is 5.97 Å². The van der Waals surface area contributed by atoms with Gasteiger partial charge < -0.3 is 14.2 Å². The number of benzene rings is 1. The minimum atomic E-state index is -0.539. The predicted molar refractivity (Wildman–Crippen MR) is 127 cm³/mol. The van der Waals surface area contributed by atoms with E-state index in [2.05, 4.69) is 5.43 Å². The van der Waals surface area contributed by atoms with Gasteiger partial charge in [0, 0.05) is 0 Å². The van der Waals surface area contributed by atoms with Crippen LogP contribution < -0.4 is 14.9 Å². The van der Waals surface area contributed by atoms with Gasteiger partial charge in [0.15, 0.2) is 22.4 Å². The number of ether oxygens (including phenoxy) is 3. The second-order valence-electron chi connectivity index (χ2n) is 6.06. The molecule has 2 aromatic rings. The van der Waals surface area contributed by atoms with Crippen molar-refractivity contribution in [3.8, 4) is 11.5 Å². The lowest BCUT2D eigenvalue weighted by Gasteiger charge is -2.14. The number of thiocarbonyl (C=S) groups is 1. The summed E-state index contributed by atoms with van der Waals surface area (Å²) in [5.41, 5.74) is 3.06. The van der Waals surface area contributed by atoms with Crippen molar-refractivity contribution in [1.29, 1.82) is 0 Å². The fourth-order valence-electron chi connectivity index (χ4n) is 2.58. The van der Waals surface area contributed by atoms with Crippen molar-refractivity contribution in [3.05, 3.63) is 50.0 Å². The van der Waals surface area contributed by atoms with E-state index >= 15 is 0 Å². The zero-order chi connectivity index (χ0) is 23.3. The Morgan fingerprint density at radius 2 is 2.12 bits per heavy atom. The molecule has 8 nitrogen and oxygen atoms in total. The molecule has 0 atom stereocenters. The van der Waals surface area contributed by atoms with Gasteiger partial charge in [-0.05, 0) is 54.4 Å². The first-order valence-corrected chi connectivity index (χ1v) is 11.6. The number of thiophene rings is 1. The van der Waals surface area contributed by atoms with E-state index in [-0.39, 0.29) is 34.1 Å². The summed E-state index contributed by atoms with van der Waals surface area (Å²) in [6.45, 7) is 1.60. The molecule has 1 aliphatic rings. The fourth-order valence-corrected chi connectivity index (χ4v) is 4.64. The number of hydrazine groups is 1. The molecule has 32 heavy (non-hydrogen) atoms. The van der Waals surface area contributed by atoms with Crippen LogP contribution in [0.25, 0.3) is 6.08 Å². The van der Waals surface area contributed by atoms with Crippen LogP contribution >= 0.6 is 46.9 Å². The number of nitrogens with one attached hydrogen (secondary N) is 1. The Bertz CT molecular complexity index is 1090. The van der Waals surface area contributed by atoms with E-state index in [1.807, 2.05) is 0 Å². The van der Waals surface area contributed by atoms with E-state index in [4.69, 9.17) is 38.0 Å². The summed E-state index contributed by atoms with van der Waals surface area (Å²) >= 11 is 13.8. The molecule has 0 radical (unpaired) electrons. The maximum atomic E-state index is 12.8. The molecule has 0 saturated carbocycles. The Balaban J connectivity index is 1.78. The first-order valence-electron chi connectivity index (χ1n) is 9.12. The van der Waals surface area contributed by atoms with Gasteiger partial charge in [0.05, 0.1) is 28.5 Å². The highest BCUT2D eigenvalue weighted by Gasteiger charge is 2.34. The van der Waals surface area contributed by atoms with Crippen molar-refractivity contribution in [3.63, 3.8) is 0 Å². The summed E-state index contributed by atoms with van der Waals surface area (Å²) in [4.78, 5) is 37.3. The van der Waals surface area contributed by atoms with Gasteiger partial charge in [-0.2, -0.15) is 5.01 Å². The summed E-state index contributed by atoms with van der Waals surface area (Å²) in [6, 6.07) is 6.54. The van der Waals surface area contributed by atoms with Gasteiger partial charge in [-0.25, -0.2) is 4.79 Å². The molecule has 1 aromatic heterocycles.